The van der Waals surface area contributed by atoms with Crippen molar-refractivity contribution < 1.29 is 28.5 Å². The molecule has 2 N–H and O–H groups in total. The summed E-state index contributed by atoms with van der Waals surface area (Å²) in [6.45, 7) is 0. The number of rotatable bonds is 0. The first kappa shape index (κ1) is 30.4. The fourth-order valence-electron chi connectivity index (χ4n) is 0. The Kier molecular flexibility index (Phi) is 43.1. The first-order chi connectivity index (χ1) is 2.00. The summed E-state index contributed by atoms with van der Waals surface area (Å²) in [4.78, 5) is 0. The molecule has 0 spiro atoms. The van der Waals surface area contributed by atoms with Gasteiger partial charge >= 0.3 is 71.9 Å². The second-order valence-corrected chi connectivity index (χ2v) is 1.22. The topological polar surface area (TPSA) is 140 Å². The molecule has 0 amide bonds. The zero-order valence-electron chi connectivity index (χ0n) is 4.35. The molecular formula is H2BaMgO6S. The average Bonchev–Trinajstić information content (AvgIpc) is 0.722. The molecule has 48 valence electrons. The molecule has 0 heterocycles. The van der Waals surface area contributed by atoms with Gasteiger partial charge in [-0.25, -0.2) is 0 Å². The van der Waals surface area contributed by atoms with Crippen molar-refractivity contribution in [2.24, 2.45) is 0 Å². The second kappa shape index (κ2) is 12.8. The van der Waals surface area contributed by atoms with Gasteiger partial charge < -0.3 is 20.1 Å². The van der Waals surface area contributed by atoms with Gasteiger partial charge in [0.15, 0.2) is 0 Å². The Morgan fingerprint density at radius 3 is 1.00 bits per heavy atom. The maximum atomic E-state index is 8.52. The normalized spacial score (nSPS) is 6.44. The molecule has 0 aliphatic carbocycles. The third-order valence-corrected chi connectivity index (χ3v) is 0. The van der Waals surface area contributed by atoms with Crippen LogP contribution in [0.2, 0.25) is 0 Å². The molecule has 0 rings (SSSR count). The van der Waals surface area contributed by atoms with Crippen LogP contribution in [0.15, 0.2) is 0 Å². The summed E-state index contributed by atoms with van der Waals surface area (Å²) in [5, 5.41) is 0. The Bertz CT molecular complexity index is 96.2. The van der Waals surface area contributed by atoms with E-state index in [2.05, 4.69) is 0 Å². The van der Waals surface area contributed by atoms with Crippen LogP contribution in [0.4, 0.5) is 0 Å². The maximum absolute atomic E-state index is 8.52. The monoisotopic (exact) mass is 292 g/mol. The molecule has 9 heavy (non-hydrogen) atoms. The zero-order chi connectivity index (χ0) is 4.50. The summed E-state index contributed by atoms with van der Waals surface area (Å²) in [6.07, 6.45) is 0. The van der Waals surface area contributed by atoms with Crippen LogP contribution in [0.3, 0.4) is 0 Å². The molecule has 0 atom stereocenters. The summed E-state index contributed by atoms with van der Waals surface area (Å²) in [5.74, 6) is 0. The van der Waals surface area contributed by atoms with Gasteiger partial charge in [-0.3, -0.25) is 8.42 Å². The summed E-state index contributed by atoms with van der Waals surface area (Å²) in [5.41, 5.74) is 0. The van der Waals surface area contributed by atoms with Gasteiger partial charge in [0.2, 0.25) is 0 Å². The van der Waals surface area contributed by atoms with E-state index in [1.165, 1.54) is 0 Å². The van der Waals surface area contributed by atoms with E-state index in [4.69, 9.17) is 17.5 Å². The molecule has 0 aliphatic heterocycles. The van der Waals surface area contributed by atoms with E-state index in [-0.39, 0.29) is 82.9 Å². The van der Waals surface area contributed by atoms with Gasteiger partial charge in [-0.1, -0.05) is 0 Å². The third kappa shape index (κ3) is 148. The Labute approximate surface area is 109 Å². The summed E-state index contributed by atoms with van der Waals surface area (Å²) < 4.78 is 34.1. The van der Waals surface area contributed by atoms with Crippen LogP contribution < -0.4 is 0 Å². The molecule has 0 unspecified atom stereocenters. The Morgan fingerprint density at radius 2 is 1.00 bits per heavy atom. The van der Waals surface area contributed by atoms with Gasteiger partial charge in [0.25, 0.3) is 0 Å². The van der Waals surface area contributed by atoms with Crippen LogP contribution in [0.5, 0.6) is 0 Å². The van der Waals surface area contributed by atoms with E-state index in [1.54, 1.807) is 0 Å². The fourth-order valence-corrected chi connectivity index (χ4v) is 0. The molecular weight excluding hydrogens is 290 g/mol. The van der Waals surface area contributed by atoms with Crippen molar-refractivity contribution in [3.05, 3.63) is 0 Å². The maximum Gasteiger partial charge on any atom is 2.00 e. The molecule has 6 nitrogen and oxygen atoms in total. The minimum atomic E-state index is -5.17. The van der Waals surface area contributed by atoms with E-state index in [9.17, 15) is 0 Å². The summed E-state index contributed by atoms with van der Waals surface area (Å²) >= 11 is 0. The molecule has 0 saturated carbocycles. The van der Waals surface area contributed by atoms with Crippen molar-refractivity contribution in [3.8, 4) is 0 Å². The fraction of sp³-hybridized carbons (Fsp3) is 0. The van der Waals surface area contributed by atoms with Crippen LogP contribution in [0.1, 0.15) is 0 Å². The smallest absolute Gasteiger partial charge is 0.870 e. The molecule has 0 aromatic carbocycles. The van der Waals surface area contributed by atoms with E-state index >= 15 is 0 Å². The van der Waals surface area contributed by atoms with E-state index in [0.717, 1.165) is 0 Å². The van der Waals surface area contributed by atoms with Crippen LogP contribution in [0, 0.1) is 0 Å². The first-order valence-corrected chi connectivity index (χ1v) is 2.00. The predicted molar refractivity (Wildman–Crippen MR) is 25.9 cm³/mol. The van der Waals surface area contributed by atoms with Gasteiger partial charge in [0, 0.05) is 10.4 Å². The molecule has 9 heteroatoms. The van der Waals surface area contributed by atoms with Crippen LogP contribution in [-0.2, 0) is 10.4 Å². The first-order valence-electron chi connectivity index (χ1n) is 0.667. The average molecular weight is 292 g/mol. The molecule has 0 fully saturated rings. The van der Waals surface area contributed by atoms with E-state index < -0.39 is 10.4 Å². The summed E-state index contributed by atoms with van der Waals surface area (Å²) in [6, 6.07) is 0. The van der Waals surface area contributed by atoms with Crippen molar-refractivity contribution in [1.82, 2.24) is 0 Å². The van der Waals surface area contributed by atoms with E-state index in [1.807, 2.05) is 0 Å². The quantitative estimate of drug-likeness (QED) is 0.275. The van der Waals surface area contributed by atoms with E-state index in [0.29, 0.717) is 0 Å². The molecule has 0 bridgehead atoms. The second-order valence-electron chi connectivity index (χ2n) is 0.408. The van der Waals surface area contributed by atoms with Crippen molar-refractivity contribution in [2.75, 3.05) is 0 Å². The molecule has 0 aromatic heterocycles. The van der Waals surface area contributed by atoms with Crippen molar-refractivity contribution in [3.63, 3.8) is 0 Å². The minimum Gasteiger partial charge on any atom is -0.870 e. The van der Waals surface area contributed by atoms with Crippen LogP contribution >= 0.6 is 0 Å². The Hall–Kier alpha value is 2.13. The van der Waals surface area contributed by atoms with Gasteiger partial charge in [0.1, 0.15) is 0 Å². The Morgan fingerprint density at radius 1 is 1.00 bits per heavy atom. The van der Waals surface area contributed by atoms with Gasteiger partial charge in [-0.05, 0) is 0 Å². The predicted octanol–water partition coefficient (Wildman–Crippen LogP) is -2.45. The Balaban J connectivity index is -0.0000000133. The number of hydrogen-bond acceptors (Lipinski definition) is 6. The molecule has 0 aromatic rings. The van der Waals surface area contributed by atoms with Crippen molar-refractivity contribution in [1.29, 1.82) is 0 Å². The van der Waals surface area contributed by atoms with Gasteiger partial charge in [0.05, 0.1) is 0 Å². The third-order valence-electron chi connectivity index (χ3n) is 0. The molecule has 0 radical (unpaired) electrons. The summed E-state index contributed by atoms with van der Waals surface area (Å²) in [7, 11) is -5.17. The minimum absolute atomic E-state index is 0. The SMILES string of the molecule is O=S(=O)([O-])[O-].[Ba+2].[Mg+2].[OH-].[OH-]. The van der Waals surface area contributed by atoms with Gasteiger partial charge in [-0.2, -0.15) is 0 Å². The largest absolute Gasteiger partial charge is 2.00 e. The molecule has 0 aliphatic rings. The van der Waals surface area contributed by atoms with Crippen LogP contribution in [0.25, 0.3) is 0 Å². The van der Waals surface area contributed by atoms with Crippen molar-refractivity contribution in [2.45, 2.75) is 0 Å². The van der Waals surface area contributed by atoms with Gasteiger partial charge in [-0.15, -0.1) is 0 Å². The standard InChI is InChI=1S/Ba.Mg.H2O4S.2H2O/c;;1-5(2,3)4;;/h;;(H2,1,2,3,4);2*1H2/q2*+2;;;/p-4. The number of hydrogen-bond donors (Lipinski definition) is 0. The molecule has 0 saturated heterocycles. The van der Waals surface area contributed by atoms with Crippen molar-refractivity contribution >= 4 is 82.3 Å². The van der Waals surface area contributed by atoms with Crippen LogP contribution in [-0.4, -0.2) is 100 Å². The zero-order valence-corrected chi connectivity index (χ0v) is 11.0.